The van der Waals surface area contributed by atoms with Crippen molar-refractivity contribution in [1.29, 1.82) is 5.26 Å². The quantitative estimate of drug-likeness (QED) is 0.490. The summed E-state index contributed by atoms with van der Waals surface area (Å²) in [4.78, 5) is 2.43. The topological polar surface area (TPSA) is 27.0 Å². The SMILES string of the molecule is CC#N.CC(CCc1ccc(C2CC(Cl)C2Cl)cc1)N(C)Cc1ccccc1. The molecule has 4 heteroatoms. The number of nitriles is 1. The standard InChI is InChI=1S/C22H27Cl2N.C2H3N/c1-16(25(2)15-18-6-4-3-5-7-18)8-9-17-10-12-19(13-11-17)20-14-21(23)22(20)24;1-2-3/h3-7,10-13,16,20-22H,8-9,14-15H2,1-2H3;1H3. The van der Waals surface area contributed by atoms with Gasteiger partial charge >= 0.3 is 0 Å². The lowest BCUT2D eigenvalue weighted by molar-refractivity contribution is 0.238. The van der Waals surface area contributed by atoms with Crippen LogP contribution in [0.1, 0.15) is 49.3 Å². The Hall–Kier alpha value is -1.53. The molecule has 2 nitrogen and oxygen atoms in total. The lowest BCUT2D eigenvalue weighted by Crippen LogP contribution is -2.36. The lowest BCUT2D eigenvalue weighted by atomic mass is 9.78. The van der Waals surface area contributed by atoms with Gasteiger partial charge < -0.3 is 0 Å². The Labute approximate surface area is 180 Å². The van der Waals surface area contributed by atoms with Gasteiger partial charge in [0.25, 0.3) is 0 Å². The van der Waals surface area contributed by atoms with Gasteiger partial charge in [0, 0.05) is 25.4 Å². The Kier molecular flexibility index (Phi) is 9.32. The smallest absolute Gasteiger partial charge is 0.0587 e. The van der Waals surface area contributed by atoms with Gasteiger partial charge in [0.05, 0.1) is 16.8 Å². The molecule has 4 atom stereocenters. The fourth-order valence-electron chi connectivity index (χ4n) is 3.43. The van der Waals surface area contributed by atoms with Crippen LogP contribution in [-0.4, -0.2) is 28.7 Å². The zero-order valence-corrected chi connectivity index (χ0v) is 18.5. The second kappa shape index (κ2) is 11.5. The van der Waals surface area contributed by atoms with Crippen molar-refractivity contribution < 1.29 is 0 Å². The van der Waals surface area contributed by atoms with Crippen molar-refractivity contribution in [2.75, 3.05) is 7.05 Å². The number of hydrogen-bond acceptors (Lipinski definition) is 2. The Morgan fingerprint density at radius 3 is 2.21 bits per heavy atom. The van der Waals surface area contributed by atoms with Crippen LogP contribution < -0.4 is 0 Å². The maximum absolute atomic E-state index is 7.32. The Morgan fingerprint density at radius 1 is 1.07 bits per heavy atom. The average Bonchev–Trinajstić information content (AvgIpc) is 2.71. The van der Waals surface area contributed by atoms with Gasteiger partial charge in [-0.1, -0.05) is 54.6 Å². The molecule has 0 saturated heterocycles. The number of benzene rings is 2. The Bertz CT molecular complexity index is 739. The highest BCUT2D eigenvalue weighted by Crippen LogP contribution is 2.44. The van der Waals surface area contributed by atoms with Gasteiger partial charge in [0.1, 0.15) is 0 Å². The lowest BCUT2D eigenvalue weighted by Gasteiger charge is -2.37. The monoisotopic (exact) mass is 416 g/mol. The summed E-state index contributed by atoms with van der Waals surface area (Å²) in [6, 6.07) is 21.9. The molecule has 0 heterocycles. The maximum Gasteiger partial charge on any atom is 0.0587 e. The van der Waals surface area contributed by atoms with Crippen molar-refractivity contribution in [1.82, 2.24) is 4.90 Å². The summed E-state index contributed by atoms with van der Waals surface area (Å²) in [7, 11) is 2.21. The molecule has 1 aliphatic carbocycles. The predicted octanol–water partition coefficient (Wildman–Crippen LogP) is 6.37. The number of nitrogens with zero attached hydrogens (tertiary/aromatic N) is 2. The molecule has 0 amide bonds. The molecule has 1 saturated carbocycles. The molecule has 0 aliphatic heterocycles. The number of rotatable bonds is 7. The molecule has 0 N–H and O–H groups in total. The van der Waals surface area contributed by atoms with Crippen LogP contribution >= 0.6 is 23.2 Å². The van der Waals surface area contributed by atoms with Crippen molar-refractivity contribution in [2.24, 2.45) is 0 Å². The molecule has 0 radical (unpaired) electrons. The van der Waals surface area contributed by atoms with Crippen LogP contribution in [0.4, 0.5) is 0 Å². The van der Waals surface area contributed by atoms with Gasteiger partial charge in [-0.25, -0.2) is 0 Å². The molecule has 0 spiro atoms. The van der Waals surface area contributed by atoms with E-state index in [1.165, 1.54) is 23.6 Å². The van der Waals surface area contributed by atoms with E-state index in [0.717, 1.165) is 25.8 Å². The van der Waals surface area contributed by atoms with E-state index in [1.54, 1.807) is 6.07 Å². The maximum atomic E-state index is 7.32. The van der Waals surface area contributed by atoms with Gasteiger partial charge in [-0.2, -0.15) is 5.26 Å². The second-order valence-electron chi connectivity index (χ2n) is 7.56. The highest BCUT2D eigenvalue weighted by atomic mass is 35.5. The molecule has 150 valence electrons. The Morgan fingerprint density at radius 2 is 1.68 bits per heavy atom. The summed E-state index contributed by atoms with van der Waals surface area (Å²) in [5, 5.41) is 7.53. The first kappa shape index (κ1) is 22.8. The molecular weight excluding hydrogens is 387 g/mol. The third-order valence-corrected chi connectivity index (χ3v) is 6.68. The van der Waals surface area contributed by atoms with E-state index >= 15 is 0 Å². The van der Waals surface area contributed by atoms with Gasteiger partial charge in [-0.05, 0) is 49.9 Å². The first-order chi connectivity index (χ1) is 13.5. The van der Waals surface area contributed by atoms with Crippen LogP contribution in [0.3, 0.4) is 0 Å². The van der Waals surface area contributed by atoms with Crippen molar-refractivity contribution >= 4 is 23.2 Å². The zero-order valence-electron chi connectivity index (χ0n) is 17.0. The van der Waals surface area contributed by atoms with E-state index in [-0.39, 0.29) is 10.8 Å². The molecule has 0 aromatic heterocycles. The summed E-state index contributed by atoms with van der Waals surface area (Å²) in [6.07, 6.45) is 3.26. The highest BCUT2D eigenvalue weighted by Gasteiger charge is 2.39. The van der Waals surface area contributed by atoms with Crippen LogP contribution in [0, 0.1) is 11.3 Å². The third kappa shape index (κ3) is 6.52. The van der Waals surface area contributed by atoms with E-state index in [9.17, 15) is 0 Å². The Balaban J connectivity index is 0.000000878. The van der Waals surface area contributed by atoms with Crippen molar-refractivity contribution in [3.8, 4) is 6.07 Å². The molecule has 2 aromatic carbocycles. The second-order valence-corrected chi connectivity index (χ2v) is 8.62. The normalized spacial score (nSPS) is 21.8. The van der Waals surface area contributed by atoms with E-state index in [4.69, 9.17) is 28.5 Å². The van der Waals surface area contributed by atoms with Crippen LogP contribution in [0.25, 0.3) is 0 Å². The minimum atomic E-state index is 0.0826. The number of aryl methyl sites for hydroxylation is 1. The van der Waals surface area contributed by atoms with E-state index in [0.29, 0.717) is 12.0 Å². The van der Waals surface area contributed by atoms with Crippen LogP contribution in [0.15, 0.2) is 54.6 Å². The van der Waals surface area contributed by atoms with Crippen LogP contribution in [0.5, 0.6) is 0 Å². The van der Waals surface area contributed by atoms with E-state index in [2.05, 4.69) is 73.5 Å². The highest BCUT2D eigenvalue weighted by molar-refractivity contribution is 6.31. The molecule has 3 rings (SSSR count). The first-order valence-electron chi connectivity index (χ1n) is 9.88. The molecule has 1 aliphatic rings. The van der Waals surface area contributed by atoms with Gasteiger partial charge in [0.15, 0.2) is 0 Å². The average molecular weight is 417 g/mol. The van der Waals surface area contributed by atoms with Gasteiger partial charge in [0.2, 0.25) is 0 Å². The third-order valence-electron chi connectivity index (χ3n) is 5.49. The number of alkyl halides is 2. The van der Waals surface area contributed by atoms with Crippen molar-refractivity contribution in [3.05, 3.63) is 71.3 Å². The molecule has 0 bridgehead atoms. The van der Waals surface area contributed by atoms with Crippen molar-refractivity contribution in [3.63, 3.8) is 0 Å². The van der Waals surface area contributed by atoms with Gasteiger partial charge in [-0.3, -0.25) is 4.90 Å². The largest absolute Gasteiger partial charge is 0.299 e. The molecule has 2 aromatic rings. The van der Waals surface area contributed by atoms with Crippen LogP contribution in [0.2, 0.25) is 0 Å². The summed E-state index contributed by atoms with van der Waals surface area (Å²) in [6.45, 7) is 4.74. The minimum absolute atomic E-state index is 0.0826. The summed E-state index contributed by atoms with van der Waals surface area (Å²) >= 11 is 12.4. The molecular formula is C24H30Cl2N2. The predicted molar refractivity (Wildman–Crippen MR) is 120 cm³/mol. The van der Waals surface area contributed by atoms with E-state index < -0.39 is 0 Å². The van der Waals surface area contributed by atoms with E-state index in [1.807, 2.05) is 0 Å². The van der Waals surface area contributed by atoms with Gasteiger partial charge in [-0.15, -0.1) is 23.2 Å². The zero-order chi connectivity index (χ0) is 20.5. The fourth-order valence-corrected chi connectivity index (χ4v) is 4.15. The first-order valence-corrected chi connectivity index (χ1v) is 10.8. The number of hydrogen-bond donors (Lipinski definition) is 0. The fraction of sp³-hybridized carbons (Fsp3) is 0.458. The minimum Gasteiger partial charge on any atom is -0.299 e. The van der Waals surface area contributed by atoms with Crippen molar-refractivity contribution in [2.45, 2.75) is 62.4 Å². The summed E-state index contributed by atoms with van der Waals surface area (Å²) < 4.78 is 0. The summed E-state index contributed by atoms with van der Waals surface area (Å²) in [5.74, 6) is 0.425. The molecule has 1 fully saturated rings. The summed E-state index contributed by atoms with van der Waals surface area (Å²) in [5.41, 5.74) is 4.10. The molecule has 28 heavy (non-hydrogen) atoms. The molecule has 4 unspecified atom stereocenters. The number of halogens is 2. The van der Waals surface area contributed by atoms with Crippen LogP contribution in [-0.2, 0) is 13.0 Å².